The molecule has 0 saturated carbocycles. The van der Waals surface area contributed by atoms with E-state index in [1.165, 1.54) is 90.2 Å². The number of anilines is 6. The van der Waals surface area contributed by atoms with Crippen LogP contribution in [-0.4, -0.2) is 6.71 Å². The van der Waals surface area contributed by atoms with Crippen LogP contribution in [0.15, 0.2) is 114 Å². The second-order valence-corrected chi connectivity index (χ2v) is 23.9. The molecular formula is C60H67BN2O. The van der Waals surface area contributed by atoms with Crippen LogP contribution >= 0.6 is 0 Å². The Morgan fingerprint density at radius 3 is 1.72 bits per heavy atom. The van der Waals surface area contributed by atoms with Crippen molar-refractivity contribution in [2.45, 2.75) is 144 Å². The van der Waals surface area contributed by atoms with E-state index < -0.39 is 0 Å². The van der Waals surface area contributed by atoms with Crippen molar-refractivity contribution in [3.63, 3.8) is 0 Å². The van der Waals surface area contributed by atoms with Gasteiger partial charge < -0.3 is 14.2 Å². The minimum absolute atomic E-state index is 0.0236. The van der Waals surface area contributed by atoms with Crippen LogP contribution < -0.4 is 26.4 Å². The normalized spacial score (nSPS) is 16.4. The van der Waals surface area contributed by atoms with E-state index in [9.17, 15) is 0 Å². The molecule has 326 valence electrons. The number of nitrogens with zero attached hydrogens (tertiary/aromatic N) is 2. The molecule has 10 rings (SSSR count). The van der Waals surface area contributed by atoms with E-state index in [-0.39, 0.29) is 33.8 Å². The highest BCUT2D eigenvalue weighted by Gasteiger charge is 2.48. The van der Waals surface area contributed by atoms with Gasteiger partial charge in [0.1, 0.15) is 5.58 Å². The largest absolute Gasteiger partial charge is 0.468 e. The molecule has 0 unspecified atom stereocenters. The summed E-state index contributed by atoms with van der Waals surface area (Å²) in [5.41, 5.74) is 23.7. The topological polar surface area (TPSA) is 19.6 Å². The first-order valence-electron chi connectivity index (χ1n) is 23.8. The van der Waals surface area contributed by atoms with Crippen LogP contribution in [0.25, 0.3) is 22.1 Å². The molecule has 7 aromatic rings. The fourth-order valence-electron chi connectivity index (χ4n) is 11.1. The molecule has 0 amide bonds. The summed E-state index contributed by atoms with van der Waals surface area (Å²) < 4.78 is 7.43. The molecule has 1 aromatic heterocycles. The molecule has 0 radical (unpaired) electrons. The smallest absolute Gasteiger partial charge is 0.297 e. The summed E-state index contributed by atoms with van der Waals surface area (Å²) >= 11 is 0. The Kier molecular flexibility index (Phi) is 9.30. The first-order valence-corrected chi connectivity index (χ1v) is 23.8. The summed E-state index contributed by atoms with van der Waals surface area (Å²) in [7, 11) is 0. The molecule has 6 aromatic carbocycles. The lowest BCUT2D eigenvalue weighted by molar-refractivity contribution is 0.332. The van der Waals surface area contributed by atoms with E-state index >= 15 is 0 Å². The molecule has 1 aliphatic carbocycles. The van der Waals surface area contributed by atoms with Crippen molar-refractivity contribution in [1.29, 1.82) is 0 Å². The Labute approximate surface area is 384 Å². The number of benzene rings is 6. The fourth-order valence-corrected chi connectivity index (χ4v) is 11.1. The number of aryl methyl sites for hydroxylation is 2. The summed E-state index contributed by atoms with van der Waals surface area (Å²) in [5, 5.41) is 1.15. The Morgan fingerprint density at radius 1 is 0.531 bits per heavy atom. The molecule has 0 spiro atoms. The van der Waals surface area contributed by atoms with Gasteiger partial charge >= 0.3 is 0 Å². The zero-order valence-corrected chi connectivity index (χ0v) is 41.2. The predicted molar refractivity (Wildman–Crippen MR) is 277 cm³/mol. The van der Waals surface area contributed by atoms with Gasteiger partial charge in [0.05, 0.1) is 17.0 Å². The first-order chi connectivity index (χ1) is 29.9. The molecule has 64 heavy (non-hydrogen) atoms. The van der Waals surface area contributed by atoms with Crippen molar-refractivity contribution in [3.05, 3.63) is 148 Å². The van der Waals surface area contributed by atoms with Crippen molar-refractivity contribution in [3.8, 4) is 11.1 Å². The van der Waals surface area contributed by atoms with Crippen LogP contribution in [0, 0.1) is 13.8 Å². The van der Waals surface area contributed by atoms with Gasteiger partial charge in [-0.25, -0.2) is 0 Å². The third-order valence-corrected chi connectivity index (χ3v) is 15.2. The number of hydrogen-bond acceptors (Lipinski definition) is 3. The van der Waals surface area contributed by atoms with E-state index in [1.807, 2.05) is 0 Å². The molecule has 3 nitrogen and oxygen atoms in total. The second-order valence-electron chi connectivity index (χ2n) is 23.9. The lowest BCUT2D eigenvalue weighted by atomic mass is 9.35. The van der Waals surface area contributed by atoms with Gasteiger partial charge in [-0.05, 0) is 164 Å². The minimum atomic E-state index is -0.125. The highest BCUT2D eigenvalue weighted by molar-refractivity contribution is 7.00. The van der Waals surface area contributed by atoms with Crippen molar-refractivity contribution in [1.82, 2.24) is 0 Å². The van der Waals surface area contributed by atoms with E-state index in [2.05, 4.69) is 223 Å². The zero-order chi connectivity index (χ0) is 45.6. The molecule has 3 aliphatic rings. The monoisotopic (exact) mass is 843 g/mol. The third kappa shape index (κ3) is 6.60. The lowest BCUT2D eigenvalue weighted by Crippen LogP contribution is -2.61. The van der Waals surface area contributed by atoms with Gasteiger partial charge in [0.25, 0.3) is 6.71 Å². The van der Waals surface area contributed by atoms with Crippen LogP contribution in [0.1, 0.15) is 142 Å². The molecule has 0 N–H and O–H groups in total. The summed E-state index contributed by atoms with van der Waals surface area (Å²) in [6.07, 6.45) is 2.32. The second kappa shape index (κ2) is 14.0. The maximum atomic E-state index is 7.43. The van der Waals surface area contributed by atoms with Crippen molar-refractivity contribution >= 4 is 68.4 Å². The average Bonchev–Trinajstić information content (AvgIpc) is 3.60. The SMILES string of the molecule is Cc1cc2c3c(c1)N(c1ccc(C(C)(C)C)cc1)c1c(oc4cc(C(C)(C)C)ccc14)B3c1cc(C(C)(C)C)ccc1N2c1cc2c(cc1-c1ccccc1C)C(C)(C)CCC2(C)C. The molecule has 0 saturated heterocycles. The van der Waals surface area contributed by atoms with E-state index in [1.54, 1.807) is 0 Å². The van der Waals surface area contributed by atoms with Gasteiger partial charge in [-0.2, -0.15) is 0 Å². The lowest BCUT2D eigenvalue weighted by Gasteiger charge is -2.46. The van der Waals surface area contributed by atoms with Crippen molar-refractivity contribution < 1.29 is 4.42 Å². The Hall–Kier alpha value is -5.48. The summed E-state index contributed by atoms with van der Waals surface area (Å²) in [6.45, 7) is 35.0. The van der Waals surface area contributed by atoms with E-state index in [0.29, 0.717) is 0 Å². The Balaban J connectivity index is 1.35. The van der Waals surface area contributed by atoms with Gasteiger partial charge in [0.2, 0.25) is 0 Å². The summed E-state index contributed by atoms with van der Waals surface area (Å²) in [4.78, 5) is 5.18. The molecule has 4 heteroatoms. The highest BCUT2D eigenvalue weighted by Crippen LogP contribution is 2.54. The van der Waals surface area contributed by atoms with Crippen molar-refractivity contribution in [2.24, 2.45) is 0 Å². The number of hydrogen-bond donors (Lipinski definition) is 0. The number of rotatable bonds is 3. The van der Waals surface area contributed by atoms with Crippen LogP contribution in [-0.2, 0) is 27.1 Å². The molecular weight excluding hydrogens is 775 g/mol. The molecule has 0 atom stereocenters. The standard InChI is InChI=1S/C60H67BN2O/c1-36-30-50-53-51(31-36)63(49-35-46-45(59(12,13)28-29-60(46,14)15)34-44(49)42-19-17-16-18-37(42)2)48-27-23-39(57(6,7)8)32-47(48)61(53)55-54(43-26-22-40(58(9,10)11)33-52(43)64-55)62(50)41-24-20-38(21-25-41)56(3,4)5/h16-27,30-35H,28-29H2,1-15H3. The Morgan fingerprint density at radius 2 is 1.09 bits per heavy atom. The van der Waals surface area contributed by atoms with Crippen molar-refractivity contribution in [2.75, 3.05) is 9.80 Å². The van der Waals surface area contributed by atoms with Gasteiger partial charge in [0, 0.05) is 33.7 Å². The van der Waals surface area contributed by atoms with Gasteiger partial charge in [-0.3, -0.25) is 0 Å². The number of fused-ring (bicyclic) bond motifs is 7. The molecule has 2 aliphatic heterocycles. The average molecular weight is 843 g/mol. The maximum Gasteiger partial charge on any atom is 0.297 e. The van der Waals surface area contributed by atoms with Crippen LogP contribution in [0.5, 0.6) is 0 Å². The summed E-state index contributed by atoms with van der Waals surface area (Å²) in [6, 6.07) is 42.6. The molecule has 3 heterocycles. The third-order valence-electron chi connectivity index (χ3n) is 15.2. The molecule has 0 fully saturated rings. The molecule has 0 bridgehead atoms. The van der Waals surface area contributed by atoms with Crippen LogP contribution in [0.2, 0.25) is 0 Å². The van der Waals surface area contributed by atoms with Gasteiger partial charge in [0.15, 0.2) is 0 Å². The first kappa shape index (κ1) is 42.5. The van der Waals surface area contributed by atoms with Crippen LogP contribution in [0.3, 0.4) is 0 Å². The van der Waals surface area contributed by atoms with E-state index in [4.69, 9.17) is 4.42 Å². The van der Waals surface area contributed by atoms with E-state index in [0.717, 1.165) is 34.4 Å². The maximum absolute atomic E-state index is 7.43. The Bertz CT molecular complexity index is 3030. The van der Waals surface area contributed by atoms with Crippen LogP contribution in [0.4, 0.5) is 34.1 Å². The highest BCUT2D eigenvalue weighted by atomic mass is 16.3. The van der Waals surface area contributed by atoms with Gasteiger partial charge in [-0.1, -0.05) is 145 Å². The zero-order valence-electron chi connectivity index (χ0n) is 41.2. The number of furan rings is 1. The quantitative estimate of drug-likeness (QED) is 0.165. The summed E-state index contributed by atoms with van der Waals surface area (Å²) in [5.74, 6) is 0. The predicted octanol–water partition coefficient (Wildman–Crippen LogP) is 15.0. The van der Waals surface area contributed by atoms with Gasteiger partial charge in [-0.15, -0.1) is 0 Å². The minimum Gasteiger partial charge on any atom is -0.468 e. The fraction of sp³-hybridized carbons (Fsp3) is 0.367.